The van der Waals surface area contributed by atoms with Gasteiger partial charge in [0.15, 0.2) is 13.0 Å². The summed E-state index contributed by atoms with van der Waals surface area (Å²) in [7, 11) is 1.99. The van der Waals surface area contributed by atoms with Crippen molar-refractivity contribution in [3.8, 4) is 0 Å². The SMILES string of the molecule is BBC(=O)NC(C(=O)N1C[C@H](O)CC1C1=NC(=O)C(C)(c2ccc(Br)cc2)N1)C(C)(C)C. The first-order valence-corrected chi connectivity index (χ1v) is 11.6. The van der Waals surface area contributed by atoms with Gasteiger partial charge in [-0.25, -0.2) is 0 Å². The molecular weight excluding hydrogens is 474 g/mol. The van der Waals surface area contributed by atoms with E-state index in [-0.39, 0.29) is 37.8 Å². The topological polar surface area (TPSA) is 111 Å². The second kappa shape index (κ2) is 9.02. The first-order chi connectivity index (χ1) is 14.9. The van der Waals surface area contributed by atoms with Gasteiger partial charge in [-0.05, 0) is 30.0 Å². The highest BCUT2D eigenvalue weighted by atomic mass is 79.9. The van der Waals surface area contributed by atoms with Crippen LogP contribution in [0, 0.1) is 5.41 Å². The molecule has 2 aliphatic rings. The summed E-state index contributed by atoms with van der Waals surface area (Å²) in [6.07, 6.45) is -0.481. The second-order valence-corrected chi connectivity index (χ2v) is 10.6. The maximum absolute atomic E-state index is 13.5. The van der Waals surface area contributed by atoms with E-state index in [1.807, 2.05) is 45.0 Å². The van der Waals surface area contributed by atoms with E-state index in [0.29, 0.717) is 5.84 Å². The first-order valence-electron chi connectivity index (χ1n) is 10.8. The minimum absolute atomic E-state index is 0.113. The van der Waals surface area contributed by atoms with Crippen molar-refractivity contribution in [1.29, 1.82) is 0 Å². The maximum atomic E-state index is 13.5. The van der Waals surface area contributed by atoms with Crippen molar-refractivity contribution >= 4 is 54.3 Å². The number of nitrogens with one attached hydrogen (secondary N) is 2. The number of amidine groups is 1. The molecule has 0 bridgehead atoms. The number of hydrogen-bond donors (Lipinski definition) is 3. The van der Waals surface area contributed by atoms with Crippen LogP contribution in [0.15, 0.2) is 33.7 Å². The van der Waals surface area contributed by atoms with Crippen LogP contribution in [0.25, 0.3) is 0 Å². The van der Waals surface area contributed by atoms with Crippen molar-refractivity contribution in [1.82, 2.24) is 15.5 Å². The van der Waals surface area contributed by atoms with Gasteiger partial charge in [-0.2, -0.15) is 4.99 Å². The largest absolute Gasteiger partial charge is 0.391 e. The minimum Gasteiger partial charge on any atom is -0.391 e. The van der Waals surface area contributed by atoms with Gasteiger partial charge < -0.3 is 20.6 Å². The van der Waals surface area contributed by atoms with Crippen LogP contribution >= 0.6 is 15.9 Å². The lowest BCUT2D eigenvalue weighted by Crippen LogP contribution is -2.58. The summed E-state index contributed by atoms with van der Waals surface area (Å²) < 4.78 is 0.898. The van der Waals surface area contributed by atoms with Gasteiger partial charge in [0.2, 0.25) is 5.91 Å². The molecule has 1 fully saturated rings. The molecule has 1 aromatic rings. The van der Waals surface area contributed by atoms with E-state index >= 15 is 0 Å². The Morgan fingerprint density at radius 3 is 2.56 bits per heavy atom. The molecule has 11 heteroatoms. The number of hydrogen-bond acceptors (Lipinski definition) is 5. The number of aliphatic hydroxyl groups is 1. The summed E-state index contributed by atoms with van der Waals surface area (Å²) in [4.78, 5) is 44.3. The maximum Gasteiger partial charge on any atom is 0.277 e. The molecule has 2 aliphatic heterocycles. The number of carbonyl (C=O) groups is 3. The standard InChI is InChI=1S/C21H29B2BrN4O4/c1-20(2,3)15(25-19(32)23-22)17(30)28-10-13(29)9-14(28)16-26-18(31)21(4,27-16)11-5-7-12(24)8-6-11/h5-8,13-15,23,29H,9-10,22H2,1-4H3,(H,25,32)(H,26,27,31)/t13-,14?,15?,21?/m1/s1. The van der Waals surface area contributed by atoms with Crippen LogP contribution < -0.4 is 10.6 Å². The summed E-state index contributed by atoms with van der Waals surface area (Å²) in [5, 5.41) is 16.4. The number of amides is 3. The molecule has 170 valence electrons. The third-order valence-corrected chi connectivity index (χ3v) is 6.60. The highest BCUT2D eigenvalue weighted by Crippen LogP contribution is 2.32. The van der Waals surface area contributed by atoms with Gasteiger partial charge in [-0.3, -0.25) is 14.4 Å². The van der Waals surface area contributed by atoms with E-state index in [4.69, 9.17) is 0 Å². The molecule has 1 saturated heterocycles. The molecule has 0 saturated carbocycles. The monoisotopic (exact) mass is 502 g/mol. The highest BCUT2D eigenvalue weighted by Gasteiger charge is 2.49. The van der Waals surface area contributed by atoms with Crippen LogP contribution in [0.5, 0.6) is 0 Å². The van der Waals surface area contributed by atoms with Crippen molar-refractivity contribution in [2.75, 3.05) is 6.54 Å². The predicted molar refractivity (Wildman–Crippen MR) is 131 cm³/mol. The van der Waals surface area contributed by atoms with Gasteiger partial charge in [0.05, 0.1) is 19.9 Å². The summed E-state index contributed by atoms with van der Waals surface area (Å²) in [6.45, 7) is 7.51. The third kappa shape index (κ3) is 4.78. The Labute approximate surface area is 198 Å². The fourth-order valence-electron chi connectivity index (χ4n) is 4.09. The van der Waals surface area contributed by atoms with Crippen LogP contribution in [0.2, 0.25) is 0 Å². The molecule has 1 aromatic carbocycles. The number of halogens is 1. The Hall–Kier alpha value is -2.13. The Morgan fingerprint density at radius 2 is 2.00 bits per heavy atom. The molecule has 0 aromatic heterocycles. The van der Waals surface area contributed by atoms with E-state index < -0.39 is 29.1 Å². The number of rotatable bonds is 5. The zero-order valence-corrected chi connectivity index (χ0v) is 20.7. The number of aliphatic imine (C=N–C) groups is 1. The van der Waals surface area contributed by atoms with Crippen LogP contribution in [0.3, 0.4) is 0 Å². The number of likely N-dealkylation sites (tertiary alicyclic amines) is 1. The number of benzene rings is 1. The van der Waals surface area contributed by atoms with Crippen molar-refractivity contribution in [2.45, 2.75) is 57.8 Å². The van der Waals surface area contributed by atoms with E-state index in [2.05, 4.69) is 31.6 Å². The van der Waals surface area contributed by atoms with Gasteiger partial charge >= 0.3 is 0 Å². The Kier molecular flexibility index (Phi) is 6.91. The van der Waals surface area contributed by atoms with Crippen molar-refractivity contribution in [2.24, 2.45) is 10.4 Å². The molecular formula is C21H29B2BrN4O4. The lowest BCUT2D eigenvalue weighted by atomic mass is 9.55. The van der Waals surface area contributed by atoms with Crippen LogP contribution in [-0.2, 0) is 15.1 Å². The van der Waals surface area contributed by atoms with E-state index in [0.717, 1.165) is 10.0 Å². The molecule has 32 heavy (non-hydrogen) atoms. The molecule has 0 radical (unpaired) electrons. The van der Waals surface area contributed by atoms with Gasteiger partial charge in [0, 0.05) is 17.4 Å². The second-order valence-electron chi connectivity index (χ2n) is 9.68. The molecule has 0 spiro atoms. The first kappa shape index (κ1) is 24.5. The van der Waals surface area contributed by atoms with Crippen molar-refractivity contribution in [3.63, 3.8) is 0 Å². The van der Waals surface area contributed by atoms with E-state index in [1.165, 1.54) is 4.90 Å². The molecule has 0 aliphatic carbocycles. The molecule has 3 rings (SSSR count). The van der Waals surface area contributed by atoms with Crippen LogP contribution in [-0.4, -0.2) is 73.1 Å². The average molecular weight is 503 g/mol. The van der Waals surface area contributed by atoms with E-state index in [1.54, 1.807) is 14.7 Å². The molecule has 3 unspecified atom stereocenters. The lowest BCUT2D eigenvalue weighted by Gasteiger charge is -2.36. The molecule has 4 atom stereocenters. The van der Waals surface area contributed by atoms with Gasteiger partial charge in [0.1, 0.15) is 17.4 Å². The van der Waals surface area contributed by atoms with Gasteiger partial charge in [-0.1, -0.05) is 48.8 Å². The molecule has 3 N–H and O–H groups in total. The summed E-state index contributed by atoms with van der Waals surface area (Å²) in [5.74, 6) is -0.506. The van der Waals surface area contributed by atoms with Crippen LogP contribution in [0.1, 0.15) is 39.7 Å². The van der Waals surface area contributed by atoms with Crippen molar-refractivity contribution < 1.29 is 19.5 Å². The van der Waals surface area contributed by atoms with Gasteiger partial charge in [0.25, 0.3) is 5.91 Å². The Morgan fingerprint density at radius 1 is 1.38 bits per heavy atom. The highest BCUT2D eigenvalue weighted by molar-refractivity contribution is 9.10. The average Bonchev–Trinajstić information content (AvgIpc) is 3.25. The summed E-state index contributed by atoms with van der Waals surface area (Å²) in [5.41, 5.74) is -0.839. The number of nitrogens with zero attached hydrogens (tertiary/aromatic N) is 2. The third-order valence-electron chi connectivity index (χ3n) is 6.07. The van der Waals surface area contributed by atoms with Crippen molar-refractivity contribution in [3.05, 3.63) is 34.3 Å². The minimum atomic E-state index is -1.06. The molecule has 8 nitrogen and oxygen atoms in total. The predicted octanol–water partition coefficient (Wildman–Crippen LogP) is 0.263. The van der Waals surface area contributed by atoms with E-state index in [9.17, 15) is 19.5 Å². The Balaban J connectivity index is 1.87. The fraction of sp³-hybridized carbons (Fsp3) is 0.524. The lowest BCUT2D eigenvalue weighted by molar-refractivity contribution is -0.136. The van der Waals surface area contributed by atoms with Crippen LogP contribution in [0.4, 0.5) is 4.79 Å². The van der Waals surface area contributed by atoms with Gasteiger partial charge in [-0.15, -0.1) is 0 Å². The fourth-order valence-corrected chi connectivity index (χ4v) is 4.35. The Bertz CT molecular complexity index is 950. The normalized spacial score (nSPS) is 26.4. The zero-order valence-electron chi connectivity index (χ0n) is 19.1. The zero-order chi connectivity index (χ0) is 23.8. The quantitative estimate of drug-likeness (QED) is 0.500. The molecule has 3 amide bonds. The number of β-amino-alcohol motifs (C(OH)–C–C–N with tert-alkyl or cyclic N) is 1. The smallest absolute Gasteiger partial charge is 0.277 e. The number of aliphatic hydroxyl groups excluding tert-OH is 1. The summed E-state index contributed by atoms with van der Waals surface area (Å²) in [6, 6.07) is 6.05. The number of carbonyl (C=O) groups excluding carboxylic acids is 3. The molecule has 2 heterocycles. The summed E-state index contributed by atoms with van der Waals surface area (Å²) >= 11 is 3.40.